The lowest BCUT2D eigenvalue weighted by Gasteiger charge is -2.63. The molecule has 3 nitrogen and oxygen atoms in total. The van der Waals surface area contributed by atoms with Gasteiger partial charge in [0, 0.05) is 16.5 Å². The molecule has 3 aliphatic rings. The van der Waals surface area contributed by atoms with Gasteiger partial charge in [0.2, 0.25) is 0 Å². The van der Waals surface area contributed by atoms with Crippen LogP contribution in [0.1, 0.15) is 161 Å². The smallest absolute Gasteiger partial charge is 0.0409 e. The van der Waals surface area contributed by atoms with Gasteiger partial charge >= 0.3 is 0 Å². The van der Waals surface area contributed by atoms with Crippen LogP contribution >= 0.6 is 0 Å². The van der Waals surface area contributed by atoms with Crippen molar-refractivity contribution in [3.8, 4) is 0 Å². The third kappa shape index (κ3) is 11.3. The van der Waals surface area contributed by atoms with Crippen molar-refractivity contribution in [2.24, 2.45) is 34.1 Å². The maximum absolute atomic E-state index is 7.37. The predicted molar refractivity (Wildman–Crippen MR) is 194 cm³/mol. The molecule has 0 radical (unpaired) electrons. The Bertz CT molecular complexity index is 681. The van der Waals surface area contributed by atoms with Gasteiger partial charge in [-0.25, -0.2) is 0 Å². The third-order valence-corrected chi connectivity index (χ3v) is 9.21. The quantitative estimate of drug-likeness (QED) is 0.284. The fourth-order valence-corrected chi connectivity index (χ4v) is 7.46. The minimum Gasteiger partial charge on any atom is -0.324 e. The molecule has 0 aromatic carbocycles. The van der Waals surface area contributed by atoms with E-state index in [4.69, 9.17) is 11.5 Å². The molecule has 0 saturated heterocycles. The van der Waals surface area contributed by atoms with Crippen molar-refractivity contribution in [2.45, 2.75) is 172 Å². The Morgan fingerprint density at radius 2 is 1.39 bits per heavy atom. The van der Waals surface area contributed by atoms with Gasteiger partial charge in [-0.1, -0.05) is 127 Å². The van der Waals surface area contributed by atoms with E-state index in [9.17, 15) is 0 Å². The highest BCUT2D eigenvalue weighted by Crippen LogP contribution is 2.66. The first-order chi connectivity index (χ1) is 19.4. The Hall–Kier alpha value is -0.900. The van der Waals surface area contributed by atoms with E-state index in [-0.39, 0.29) is 21.9 Å². The predicted octanol–water partition coefficient (Wildman–Crippen LogP) is 11.2. The number of nitrogens with two attached hydrogens (primary N) is 2. The third-order valence-electron chi connectivity index (χ3n) is 9.21. The van der Waals surface area contributed by atoms with Crippen LogP contribution < -0.4 is 16.8 Å². The maximum Gasteiger partial charge on any atom is 0.0409 e. The molecule has 0 bridgehead atoms. The van der Waals surface area contributed by atoms with Crippen molar-refractivity contribution >= 4 is 0 Å². The van der Waals surface area contributed by atoms with E-state index in [0.717, 1.165) is 38.5 Å². The topological polar surface area (TPSA) is 64.1 Å². The molecule has 0 aromatic rings. The summed E-state index contributed by atoms with van der Waals surface area (Å²) in [6, 6.07) is 0. The van der Waals surface area contributed by atoms with E-state index in [1.165, 1.54) is 36.8 Å². The van der Waals surface area contributed by atoms with Crippen LogP contribution in [0.4, 0.5) is 0 Å². The van der Waals surface area contributed by atoms with Gasteiger partial charge < -0.3 is 16.8 Å². The normalized spacial score (nSPS) is 32.0. The van der Waals surface area contributed by atoms with Crippen LogP contribution in [0.3, 0.4) is 0 Å². The van der Waals surface area contributed by atoms with E-state index in [0.29, 0.717) is 11.8 Å². The lowest BCUT2D eigenvalue weighted by atomic mass is 9.45. The summed E-state index contributed by atoms with van der Waals surface area (Å²) >= 11 is 0. The largest absolute Gasteiger partial charge is 0.324 e. The van der Waals surface area contributed by atoms with Gasteiger partial charge in [0.25, 0.3) is 0 Å². The standard InChI is InChI=1S/C24H42N2.C3H8.C3H6.C2H7N.3C2H6/c1-7-13-22(6)20-12-14-21(5)18(17(4)8-2)10-11-19(21)24(20,26)16-15-23(22,25)9-3;3*1-3-2;3*1-2/h12,18-19H,4,7-11,13-16,25-26H2,1-3,5-6H3;3H2,1-2H3;3H,1H2,2H3;3H,1-2H3;3*1-2H3. The number of fused-ring (bicyclic) bond motifs is 3. The summed E-state index contributed by atoms with van der Waals surface area (Å²) < 4.78 is 0. The molecule has 5 N–H and O–H groups in total. The fraction of sp³-hybridized carbons (Fsp3) is 0.842. The molecular formula is C38H81N3. The van der Waals surface area contributed by atoms with Crippen molar-refractivity contribution in [1.82, 2.24) is 5.32 Å². The molecule has 6 unspecified atom stereocenters. The molecule has 0 aromatic heterocycles. The minimum absolute atomic E-state index is 0.0324. The van der Waals surface area contributed by atoms with Gasteiger partial charge in [-0.2, -0.15) is 0 Å². The second kappa shape index (κ2) is 24.5. The summed E-state index contributed by atoms with van der Waals surface area (Å²) in [5, 5.41) is 2.75. The summed E-state index contributed by atoms with van der Waals surface area (Å²) in [6.45, 7) is 37.7. The first kappa shape index (κ1) is 47.0. The molecule has 3 rings (SSSR count). The molecule has 0 amide bonds. The Morgan fingerprint density at radius 3 is 1.76 bits per heavy atom. The molecule has 248 valence electrons. The molecule has 41 heavy (non-hydrogen) atoms. The maximum atomic E-state index is 7.37. The number of rotatable bonds is 5. The van der Waals surface area contributed by atoms with Crippen molar-refractivity contribution in [3.63, 3.8) is 0 Å². The average Bonchev–Trinajstić information content (AvgIpc) is 3.34. The van der Waals surface area contributed by atoms with E-state index in [2.05, 4.69) is 73.0 Å². The van der Waals surface area contributed by atoms with Crippen LogP contribution in [-0.4, -0.2) is 25.2 Å². The lowest BCUT2D eigenvalue weighted by Crippen LogP contribution is -2.69. The van der Waals surface area contributed by atoms with Crippen molar-refractivity contribution in [2.75, 3.05) is 14.1 Å². The van der Waals surface area contributed by atoms with Crippen LogP contribution in [0.15, 0.2) is 36.5 Å². The van der Waals surface area contributed by atoms with Crippen LogP contribution in [0.2, 0.25) is 0 Å². The van der Waals surface area contributed by atoms with Crippen LogP contribution in [0.25, 0.3) is 0 Å². The van der Waals surface area contributed by atoms with Crippen molar-refractivity contribution in [1.29, 1.82) is 0 Å². The second-order valence-electron chi connectivity index (χ2n) is 11.8. The van der Waals surface area contributed by atoms with Gasteiger partial charge in [0.05, 0.1) is 0 Å². The van der Waals surface area contributed by atoms with E-state index < -0.39 is 0 Å². The fourth-order valence-electron chi connectivity index (χ4n) is 7.46. The van der Waals surface area contributed by atoms with Gasteiger partial charge in [-0.05, 0) is 95.2 Å². The Kier molecular flexibility index (Phi) is 28.1. The zero-order valence-corrected chi connectivity index (χ0v) is 31.4. The van der Waals surface area contributed by atoms with Crippen molar-refractivity contribution < 1.29 is 0 Å². The highest BCUT2D eigenvalue weighted by molar-refractivity contribution is 5.41. The van der Waals surface area contributed by atoms with E-state index in [1.807, 2.05) is 62.6 Å². The van der Waals surface area contributed by atoms with E-state index in [1.54, 1.807) is 6.08 Å². The SMILES string of the molecule is C=C(CC)C1CCC2C3(N)CCC(N)(CC)C(C)(CCC)C3=CCC12C.C=CC.CC.CC.CC.CCC.CNC. The number of nitrogens with one attached hydrogen (secondary N) is 1. The van der Waals surface area contributed by atoms with Gasteiger partial charge in [0.1, 0.15) is 0 Å². The number of allylic oxidation sites excluding steroid dienone is 3. The summed E-state index contributed by atoms with van der Waals surface area (Å²) in [5.41, 5.74) is 17.4. The molecular weight excluding hydrogens is 498 g/mol. The molecule has 3 heteroatoms. The zero-order valence-electron chi connectivity index (χ0n) is 31.4. The monoisotopic (exact) mass is 580 g/mol. The first-order valence-electron chi connectivity index (χ1n) is 17.5. The molecule has 0 spiro atoms. The molecule has 2 saturated carbocycles. The van der Waals surface area contributed by atoms with Crippen LogP contribution in [-0.2, 0) is 0 Å². The van der Waals surface area contributed by atoms with Crippen molar-refractivity contribution in [3.05, 3.63) is 36.5 Å². The lowest BCUT2D eigenvalue weighted by molar-refractivity contribution is 0.0171. The highest BCUT2D eigenvalue weighted by Gasteiger charge is 2.64. The average molecular weight is 580 g/mol. The Labute approximate surface area is 261 Å². The summed E-state index contributed by atoms with van der Waals surface area (Å²) in [5.74, 6) is 1.20. The van der Waals surface area contributed by atoms with Gasteiger partial charge in [-0.3, -0.25) is 0 Å². The summed E-state index contributed by atoms with van der Waals surface area (Å²) in [6.07, 6.45) is 15.8. The second-order valence-corrected chi connectivity index (χ2v) is 11.8. The number of hydrogen-bond donors (Lipinski definition) is 3. The van der Waals surface area contributed by atoms with Gasteiger partial charge in [-0.15, -0.1) is 6.58 Å². The minimum atomic E-state index is -0.169. The highest BCUT2D eigenvalue weighted by atomic mass is 14.9. The molecule has 6 atom stereocenters. The molecule has 3 aliphatic carbocycles. The molecule has 0 heterocycles. The van der Waals surface area contributed by atoms with Gasteiger partial charge in [0.15, 0.2) is 0 Å². The van der Waals surface area contributed by atoms with Crippen LogP contribution in [0.5, 0.6) is 0 Å². The van der Waals surface area contributed by atoms with Crippen LogP contribution in [0, 0.1) is 22.7 Å². The summed E-state index contributed by atoms with van der Waals surface area (Å²) in [4.78, 5) is 0. The van der Waals surface area contributed by atoms with E-state index >= 15 is 0 Å². The summed E-state index contributed by atoms with van der Waals surface area (Å²) in [7, 11) is 3.75. The molecule has 2 fully saturated rings. The Balaban J connectivity index is -0.000000389. The zero-order chi connectivity index (χ0) is 33.5. The first-order valence-corrected chi connectivity index (χ1v) is 17.5. The number of hydrogen-bond acceptors (Lipinski definition) is 3. The molecule has 0 aliphatic heterocycles. The Morgan fingerprint density at radius 1 is 0.951 bits per heavy atom.